The topological polar surface area (TPSA) is 203 Å². The Bertz CT molecular complexity index is 3160. The van der Waals surface area contributed by atoms with Gasteiger partial charge in [0.25, 0.3) is 11.1 Å². The van der Waals surface area contributed by atoms with Crippen LogP contribution in [0.3, 0.4) is 0 Å². The van der Waals surface area contributed by atoms with Gasteiger partial charge in [0, 0.05) is 132 Å². The zero-order valence-electron chi connectivity index (χ0n) is 53.8. The average molecular weight is 1110 g/mol. The lowest BCUT2D eigenvalue weighted by Gasteiger charge is -2.41. The lowest BCUT2D eigenvalue weighted by Crippen LogP contribution is -2.40. The highest BCUT2D eigenvalue weighted by Gasteiger charge is 2.29. The lowest BCUT2D eigenvalue weighted by molar-refractivity contribution is 0.234. The molecule has 0 amide bonds. The van der Waals surface area contributed by atoms with Crippen molar-refractivity contribution in [2.45, 2.75) is 220 Å². The predicted octanol–water partition coefficient (Wildman–Crippen LogP) is 13.8. The van der Waals surface area contributed by atoms with Gasteiger partial charge in [0.05, 0.1) is 0 Å². The third-order valence-electron chi connectivity index (χ3n) is 12.7. The van der Waals surface area contributed by atoms with Crippen LogP contribution in [-0.2, 0) is 16.6 Å². The Morgan fingerprint density at radius 3 is 1.38 bits per heavy atom. The molecule has 3 aromatic heterocycles. The van der Waals surface area contributed by atoms with Crippen LogP contribution in [0.25, 0.3) is 0 Å². The fraction of sp³-hybridized carbons (Fsp3) is 0.516. The second-order valence-corrected chi connectivity index (χ2v) is 26.4. The zero-order chi connectivity index (χ0) is 63.1. The summed E-state index contributed by atoms with van der Waals surface area (Å²) in [5, 5.41) is 47.1. The molecule has 80 heavy (non-hydrogen) atoms. The van der Waals surface area contributed by atoms with E-state index in [2.05, 4.69) is 107 Å². The largest absolute Gasteiger partial charge is 0.508 e. The first-order valence-electron chi connectivity index (χ1n) is 26.8. The Kier molecular flexibility index (Phi) is 23.3. The van der Waals surface area contributed by atoms with Gasteiger partial charge in [-0.15, -0.1) is 0 Å². The SMILES string of the molecule is C=C1C=C(O)C(C)=C(C)N1C(C)(C)C.C=C1C=C(O)C(C)=CN1C(C)(C)C.C=C1C=C(O)C=C(C)N1C(C)(C)C.Cc1c(O)cc(=O)n(C(C)(C)C)c1C.Cc1cn(C(C)(C)C)c(=O)cc1O.Cc1nc(C)n(C(C)(C)C)c(=O)n1. The molecule has 6 heterocycles. The number of aromatic hydroxyl groups is 2. The summed E-state index contributed by atoms with van der Waals surface area (Å²) in [6.07, 6.45) is 10.4. The van der Waals surface area contributed by atoms with Crippen molar-refractivity contribution < 1.29 is 25.5 Å². The number of allylic oxidation sites excluding steroid dienone is 8. The molecule has 0 aromatic carbocycles. The molecule has 0 spiro atoms. The highest BCUT2D eigenvalue weighted by atomic mass is 16.3. The summed E-state index contributed by atoms with van der Waals surface area (Å²) >= 11 is 0. The lowest BCUT2D eigenvalue weighted by atomic mass is 9.98. The molecule has 0 atom stereocenters. The van der Waals surface area contributed by atoms with E-state index >= 15 is 0 Å². The van der Waals surface area contributed by atoms with E-state index in [-0.39, 0.29) is 67.3 Å². The van der Waals surface area contributed by atoms with Crippen LogP contribution < -0.4 is 16.8 Å². The molecular formula is C64H100N8O8. The summed E-state index contributed by atoms with van der Waals surface area (Å²) in [5.41, 5.74) is 7.43. The third-order valence-corrected chi connectivity index (χ3v) is 12.7. The van der Waals surface area contributed by atoms with E-state index in [1.165, 1.54) is 12.1 Å². The number of aromatic nitrogens is 5. The van der Waals surface area contributed by atoms with Crippen LogP contribution in [0.5, 0.6) is 11.5 Å². The molecule has 0 saturated carbocycles. The average Bonchev–Trinajstić information content (AvgIpc) is 3.22. The van der Waals surface area contributed by atoms with Crippen molar-refractivity contribution in [3.8, 4) is 11.5 Å². The molecular weight excluding hydrogens is 1010 g/mol. The number of aryl methyl sites for hydroxylation is 3. The molecule has 0 bridgehead atoms. The highest BCUT2D eigenvalue weighted by molar-refractivity contribution is 5.41. The van der Waals surface area contributed by atoms with Gasteiger partial charge in [-0.2, -0.15) is 4.98 Å². The fourth-order valence-electron chi connectivity index (χ4n) is 9.08. The van der Waals surface area contributed by atoms with Gasteiger partial charge in [-0.05, 0) is 193 Å². The monoisotopic (exact) mass is 1110 g/mol. The van der Waals surface area contributed by atoms with E-state index < -0.39 is 0 Å². The molecule has 16 nitrogen and oxygen atoms in total. The van der Waals surface area contributed by atoms with Gasteiger partial charge in [-0.1, -0.05) is 19.7 Å². The molecule has 0 saturated heterocycles. The zero-order valence-corrected chi connectivity index (χ0v) is 53.8. The van der Waals surface area contributed by atoms with Crippen molar-refractivity contribution in [1.82, 2.24) is 38.4 Å². The Morgan fingerprint density at radius 1 is 0.487 bits per heavy atom. The third kappa shape index (κ3) is 19.5. The van der Waals surface area contributed by atoms with E-state index in [1.54, 1.807) is 58.0 Å². The van der Waals surface area contributed by atoms with E-state index in [4.69, 9.17) is 0 Å². The Labute approximate surface area is 478 Å². The maximum Gasteiger partial charge on any atom is 0.351 e. The molecule has 3 aliphatic rings. The van der Waals surface area contributed by atoms with Gasteiger partial charge < -0.3 is 49.4 Å². The van der Waals surface area contributed by atoms with Crippen molar-refractivity contribution >= 4 is 0 Å². The van der Waals surface area contributed by atoms with Crippen LogP contribution >= 0.6 is 0 Å². The van der Waals surface area contributed by atoms with E-state index in [1.807, 2.05) is 117 Å². The second kappa shape index (κ2) is 26.4. The van der Waals surface area contributed by atoms with Crippen molar-refractivity contribution in [3.05, 3.63) is 185 Å². The van der Waals surface area contributed by atoms with Gasteiger partial charge in [-0.25, -0.2) is 9.78 Å². The van der Waals surface area contributed by atoms with Gasteiger partial charge in [0.2, 0.25) is 0 Å². The van der Waals surface area contributed by atoms with E-state index in [9.17, 15) is 39.9 Å². The molecule has 0 radical (unpaired) electrons. The summed E-state index contributed by atoms with van der Waals surface area (Å²) in [7, 11) is 0. The number of aliphatic hydroxyl groups excluding tert-OH is 3. The molecule has 3 aliphatic heterocycles. The first-order valence-corrected chi connectivity index (χ1v) is 26.8. The Morgan fingerprint density at radius 2 is 0.950 bits per heavy atom. The summed E-state index contributed by atoms with van der Waals surface area (Å²) in [5.74, 6) is 2.30. The van der Waals surface area contributed by atoms with Crippen LogP contribution in [0.1, 0.15) is 181 Å². The first-order chi connectivity index (χ1) is 35.8. The molecule has 444 valence electrons. The van der Waals surface area contributed by atoms with Crippen molar-refractivity contribution in [3.63, 3.8) is 0 Å². The Balaban J connectivity index is 0.000000480. The molecule has 0 aliphatic carbocycles. The minimum absolute atomic E-state index is 0.000370. The molecule has 0 fully saturated rings. The maximum atomic E-state index is 11.7. The van der Waals surface area contributed by atoms with Crippen LogP contribution in [-0.4, -0.2) is 80.5 Å². The first kappa shape index (κ1) is 70.8. The number of hydrogen-bond donors (Lipinski definition) is 5. The van der Waals surface area contributed by atoms with Gasteiger partial charge in [0.1, 0.15) is 40.4 Å². The van der Waals surface area contributed by atoms with Crippen LogP contribution in [0, 0.1) is 34.6 Å². The summed E-state index contributed by atoms with van der Waals surface area (Å²) in [4.78, 5) is 48.9. The van der Waals surface area contributed by atoms with Gasteiger partial charge in [-0.3, -0.25) is 14.2 Å². The van der Waals surface area contributed by atoms with Gasteiger partial charge in [0.15, 0.2) is 0 Å². The normalized spacial score (nSPS) is 15.2. The minimum atomic E-state index is -0.255. The predicted molar refractivity (Wildman–Crippen MR) is 330 cm³/mol. The quantitative estimate of drug-likeness (QED) is 0.142. The number of pyridine rings is 2. The van der Waals surface area contributed by atoms with Crippen LogP contribution in [0.4, 0.5) is 0 Å². The maximum absolute atomic E-state index is 11.7. The summed E-state index contributed by atoms with van der Waals surface area (Å²) in [6, 6.07) is 2.52. The van der Waals surface area contributed by atoms with E-state index in [0.29, 0.717) is 23.2 Å². The Hall–Kier alpha value is -7.23. The molecule has 3 aromatic rings. The standard InChI is InChI=1S/C12H19NO.C11H17NO2.2C11H17NO.C10H15NO2.C9H15N3O/c1-8-7-11(14)9(2)10(3)13(8)12(4,5)6;1-7-8(2)12(11(3,4)5)10(14)6-9(7)13;1-8-7-12(11(3,4)5)9(2)6-10(8)13;1-8-6-10(13)7-9(2)12(8)11(3,4)5;1-7-6-11(10(2,3)4)9(13)5-8(7)12;1-6-10-7(2)12(8(13)11-6)9(3,4)5/h7,14H,1H2,2-6H3;6,13H,1-5H3;6-7,13H,2H2,1,3-5H3;6-7,13H,1H2,2-5H3;5-6,12H,1-4H3;1-5H3. The van der Waals surface area contributed by atoms with Crippen molar-refractivity contribution in [2.24, 2.45) is 0 Å². The number of nitrogens with zero attached hydrogens (tertiary/aromatic N) is 8. The molecule has 16 heteroatoms. The van der Waals surface area contributed by atoms with Crippen LogP contribution in [0.15, 0.2) is 140 Å². The molecule has 5 N–H and O–H groups in total. The molecule has 6 rings (SSSR count). The van der Waals surface area contributed by atoms with Gasteiger partial charge >= 0.3 is 5.69 Å². The fourth-order valence-corrected chi connectivity index (χ4v) is 9.08. The highest BCUT2D eigenvalue weighted by Crippen LogP contribution is 2.34. The number of rotatable bonds is 0. The van der Waals surface area contributed by atoms with Crippen LogP contribution in [0.2, 0.25) is 0 Å². The number of aliphatic hydroxyl groups is 3. The van der Waals surface area contributed by atoms with E-state index in [0.717, 1.165) is 56.5 Å². The summed E-state index contributed by atoms with van der Waals surface area (Å²) < 4.78 is 4.91. The second-order valence-electron chi connectivity index (χ2n) is 26.4. The smallest absolute Gasteiger partial charge is 0.351 e. The van der Waals surface area contributed by atoms with Crippen molar-refractivity contribution in [1.29, 1.82) is 0 Å². The van der Waals surface area contributed by atoms with Crippen molar-refractivity contribution in [2.75, 3.05) is 0 Å². The molecule has 0 unspecified atom stereocenters. The minimum Gasteiger partial charge on any atom is -0.508 e. The number of hydrogen-bond acceptors (Lipinski definition) is 13. The summed E-state index contributed by atoms with van der Waals surface area (Å²) in [6.45, 7) is 65.2.